The van der Waals surface area contributed by atoms with Crippen molar-refractivity contribution >= 4 is 141 Å². The third-order valence-electron chi connectivity index (χ3n) is 21.0. The summed E-state index contributed by atoms with van der Waals surface area (Å²) in [6, 6.07) is 0. The van der Waals surface area contributed by atoms with Crippen LogP contribution in [-0.2, 0) is 92.0 Å². The quantitative estimate of drug-likeness (QED) is 0.0243. The number of nitrogen functional groups attached to an aromatic ring is 6. The molecule has 6 unspecified atom stereocenters. The maximum atomic E-state index is 15.1. The second kappa shape index (κ2) is 33.0. The molecule has 123 heavy (non-hydrogen) atoms. The summed E-state index contributed by atoms with van der Waals surface area (Å²) < 4.78 is 169. The van der Waals surface area contributed by atoms with Crippen molar-refractivity contribution in [2.75, 3.05) is 67.4 Å². The van der Waals surface area contributed by atoms with Gasteiger partial charge in [-0.3, -0.25) is 68.2 Å². The van der Waals surface area contributed by atoms with Crippen LogP contribution in [-0.4, -0.2) is 269 Å². The third kappa shape index (κ3) is 16.8. The predicted molar refractivity (Wildman–Crippen MR) is 406 cm³/mol. The van der Waals surface area contributed by atoms with Crippen LogP contribution in [0.4, 0.5) is 34.9 Å². The number of ether oxygens (including phenoxy) is 6. The molecule has 20 N–H and O–H groups in total. The Morgan fingerprint density at radius 1 is 0.333 bits per heavy atom. The Balaban J connectivity index is 0.576. The van der Waals surface area contributed by atoms with Crippen LogP contribution in [0, 0.1) is 0 Å². The van der Waals surface area contributed by atoms with E-state index in [0.29, 0.717) is 0 Å². The molecule has 18 heterocycles. The van der Waals surface area contributed by atoms with Gasteiger partial charge in [-0.2, -0.15) is 0 Å². The molecule has 656 valence electrons. The zero-order valence-corrected chi connectivity index (χ0v) is 67.3. The van der Waals surface area contributed by atoms with E-state index in [9.17, 15) is 58.0 Å². The molecule has 63 heteroatoms. The molecule has 24 atom stereocenters. The van der Waals surface area contributed by atoms with E-state index in [1.54, 1.807) is 0 Å². The van der Waals surface area contributed by atoms with Gasteiger partial charge in [0.2, 0.25) is 0 Å². The summed E-state index contributed by atoms with van der Waals surface area (Å²) in [6.07, 6.45) is -13.7. The molecule has 6 fully saturated rings. The van der Waals surface area contributed by atoms with Gasteiger partial charge >= 0.3 is 38.9 Å². The van der Waals surface area contributed by atoms with Gasteiger partial charge in [0.1, 0.15) is 176 Å². The number of nitrogens with two attached hydrogens (primary N) is 6. The molecule has 6 saturated heterocycles. The Morgan fingerprint density at radius 2 is 0.569 bits per heavy atom. The lowest BCUT2D eigenvalue weighted by Gasteiger charge is -2.30. The van der Waals surface area contributed by atoms with Crippen LogP contribution in [0.15, 0.2) is 75.9 Å². The summed E-state index contributed by atoms with van der Waals surface area (Å²) in [6.45, 7) is -4.48. The molecule has 18 rings (SSSR count). The van der Waals surface area contributed by atoms with Crippen LogP contribution < -0.4 is 34.4 Å². The highest BCUT2D eigenvalue weighted by Crippen LogP contribution is 2.59. The van der Waals surface area contributed by atoms with Gasteiger partial charge in [-0.1, -0.05) is 0 Å². The van der Waals surface area contributed by atoms with Gasteiger partial charge in [0.15, 0.2) is 74.6 Å². The van der Waals surface area contributed by atoms with Gasteiger partial charge in [0, 0.05) is 38.5 Å². The molecule has 0 aromatic carbocycles. The number of aliphatic hydroxyl groups is 3. The first-order valence-electron chi connectivity index (χ1n) is 36.9. The summed E-state index contributed by atoms with van der Waals surface area (Å²) in [5, 5.41) is 33.7. The molecular formula is C60H73N30O28P5. The Hall–Kier alpha value is -9.67. The first kappa shape index (κ1) is 84.2. The molecule has 0 saturated carbocycles. The van der Waals surface area contributed by atoms with Gasteiger partial charge in [-0.05, 0) is 0 Å². The first-order valence-corrected chi connectivity index (χ1v) is 44.6. The van der Waals surface area contributed by atoms with E-state index in [1.807, 2.05) is 0 Å². The molecule has 0 radical (unpaired) electrons. The maximum absolute atomic E-state index is 15.1. The summed E-state index contributed by atoms with van der Waals surface area (Å²) in [5.41, 5.74) is 38.1. The minimum atomic E-state index is -5.73. The molecule has 6 aliphatic rings. The molecule has 12 aromatic rings. The second-order valence-corrected chi connectivity index (χ2v) is 36.1. The van der Waals surface area contributed by atoms with Crippen LogP contribution >= 0.6 is 38.9 Å². The highest BCUT2D eigenvalue weighted by molar-refractivity contribution is 7.53. The maximum Gasteiger partial charge on any atom is 0.472 e. The van der Waals surface area contributed by atoms with Gasteiger partial charge < -0.3 is 107 Å². The standard InChI is InChI=1S/C60H73N30O28P5/c61-48-41-54(73-12-67-48)85(18-79-41)35-1-24(92)31(109-35)8-104-123(102,103)118-29-6-40(90-23-84-46-53(66)72-17-78-59(46)90)113-47(29)60(93)119(94,95)114-26-3-37(87-20-81-43-50(63)69-14-75-56(43)87)110-32(26)9-105-121(98,99)116-28-5-39(89-22-83-45-52(65)71-16-77-58(45)89)112-34(28)11-107-122(100,101)117-27-4-38(88-21-82-44-51(64)70-15-76-57(44)88)111-33(27)10-106-120(96,97)115-25-2-36(108-30(25)7-91)86-19-80-42-49(62)68-13-74-55(42)86/h12-40,47,60,91-93H,1-11H2,(H,94,95)(H,96,97)(H,98,99)(H,100,101)(H,102,103)(H2,61,67,73)(H2,62,68,74)(H2,63,69,75)(H2,64,70,76)(H2,65,71,77)(H2,66,72,78)/t24-,25-,26-,27-,28-,29-,30+,31+,32+,33+,34+,35+,36+,37+,38+,39+,40+,47-,60?/m0/s1. The number of rotatable bonds is 31. The van der Waals surface area contributed by atoms with Crippen molar-refractivity contribution in [2.24, 2.45) is 0 Å². The smallest absolute Gasteiger partial charge is 0.394 e. The lowest BCUT2D eigenvalue weighted by Crippen LogP contribution is -2.38. The lowest BCUT2D eigenvalue weighted by atomic mass is 10.2. The van der Waals surface area contributed by atoms with Gasteiger partial charge in [-0.25, -0.2) is 108 Å². The summed E-state index contributed by atoms with van der Waals surface area (Å²) in [7, 11) is -27.5. The fourth-order valence-electron chi connectivity index (χ4n) is 15.2. The number of nitrogens with zero attached hydrogens (tertiary/aromatic N) is 24. The fourth-order valence-corrected chi connectivity index (χ4v) is 20.4. The number of phosphoric ester groups is 4. The normalized spacial score (nSPS) is 29.7. The Morgan fingerprint density at radius 3 is 0.870 bits per heavy atom. The average molecular weight is 1820 g/mol. The monoisotopic (exact) mass is 1820 g/mol. The fraction of sp³-hybridized carbons (Fsp3) is 0.500. The van der Waals surface area contributed by atoms with Crippen molar-refractivity contribution in [3.05, 3.63) is 75.9 Å². The number of hydrogen-bond donors (Lipinski definition) is 14. The van der Waals surface area contributed by atoms with Crippen molar-refractivity contribution in [1.29, 1.82) is 0 Å². The van der Waals surface area contributed by atoms with E-state index in [2.05, 4.69) is 89.7 Å². The molecule has 12 aromatic heterocycles. The Labute approximate surface area is 685 Å². The van der Waals surface area contributed by atoms with Crippen molar-refractivity contribution in [1.82, 2.24) is 117 Å². The van der Waals surface area contributed by atoms with Crippen LogP contribution in [0.25, 0.3) is 67.0 Å². The van der Waals surface area contributed by atoms with Crippen molar-refractivity contribution < 1.29 is 132 Å². The molecule has 0 aliphatic carbocycles. The second-order valence-electron chi connectivity index (χ2n) is 28.6. The number of aliphatic hydroxyl groups excluding tert-OH is 3. The number of hydrogen-bond acceptors (Lipinski definition) is 47. The van der Waals surface area contributed by atoms with Gasteiger partial charge in [0.05, 0.1) is 77.1 Å². The largest absolute Gasteiger partial charge is 0.472 e. The average Bonchev–Trinajstić information content (AvgIpc) is 1.63. The van der Waals surface area contributed by atoms with E-state index in [-0.39, 0.29) is 121 Å². The number of anilines is 6. The number of fused-ring (bicyclic) bond motifs is 6. The Bertz CT molecular complexity index is 6230. The van der Waals surface area contributed by atoms with E-state index in [1.165, 1.54) is 78.0 Å². The Kier molecular flexibility index (Phi) is 22.6. The van der Waals surface area contributed by atoms with Crippen molar-refractivity contribution in [2.45, 2.75) is 155 Å². The van der Waals surface area contributed by atoms with Crippen molar-refractivity contribution in [3.63, 3.8) is 0 Å². The van der Waals surface area contributed by atoms with E-state index < -0.39 is 208 Å². The van der Waals surface area contributed by atoms with Crippen LogP contribution in [0.3, 0.4) is 0 Å². The van der Waals surface area contributed by atoms with Crippen LogP contribution in [0.1, 0.15) is 75.9 Å². The minimum Gasteiger partial charge on any atom is -0.394 e. The van der Waals surface area contributed by atoms with Crippen LogP contribution in [0.2, 0.25) is 0 Å². The minimum absolute atomic E-state index is 0.0221. The van der Waals surface area contributed by atoms with E-state index in [0.717, 1.165) is 25.3 Å². The summed E-state index contributed by atoms with van der Waals surface area (Å²) in [5.74, 6) is -2.82. The molecule has 0 amide bonds. The number of phosphoric acid groups is 4. The van der Waals surface area contributed by atoms with Gasteiger partial charge in [-0.15, -0.1) is 0 Å². The topological polar surface area (TPSA) is 803 Å². The SMILES string of the molecule is Nc1ncnc2c1ncn2[C@H]1C[C@H](OP(=O)(O)OC[C@H]2O[C@@H](n3cnc4c(N)ncnc43)C[C@@H]2O)[C@@H](C(O)P(=O)(O)O[C@H]2C[C@H](n3cnc4c(N)ncnc43)O[C@@H]2COP(=O)(O)O[C@H]2C[C@H](n3cnc4c(N)ncnc43)O[C@@H]2COP(=O)(O)O[C@H]2C[C@H](n3cnc4c(N)ncnc43)O[C@@H]2COP(=O)(O)O[C@H]2C[C@H](n3cnc4c(N)ncnc43)O[C@@H]2CO)O1. The third-order valence-corrected chi connectivity index (χ3v) is 26.6. The lowest BCUT2D eigenvalue weighted by molar-refractivity contribution is -0.0727. The summed E-state index contributed by atoms with van der Waals surface area (Å²) >= 11 is 0. The zero-order valence-electron chi connectivity index (χ0n) is 62.9. The zero-order chi connectivity index (χ0) is 85.9. The van der Waals surface area contributed by atoms with Crippen molar-refractivity contribution in [3.8, 4) is 0 Å². The molecular weight excluding hydrogens is 1740 g/mol. The highest BCUT2D eigenvalue weighted by atomic mass is 31.2. The van der Waals surface area contributed by atoms with E-state index in [4.69, 9.17) is 104 Å². The number of imidazole rings is 6. The molecule has 0 bridgehead atoms. The molecule has 6 aliphatic heterocycles. The first-order chi connectivity index (χ1) is 58.8. The highest BCUT2D eigenvalue weighted by Gasteiger charge is 2.55. The molecule has 58 nitrogen and oxygen atoms in total. The van der Waals surface area contributed by atoms with Crippen LogP contribution in [0.5, 0.6) is 0 Å². The summed E-state index contributed by atoms with van der Waals surface area (Å²) in [4.78, 5) is 133. The van der Waals surface area contributed by atoms with Gasteiger partial charge in [0.25, 0.3) is 0 Å². The predicted octanol–water partition coefficient (Wildman–Crippen LogP) is -0.505. The number of aromatic nitrogens is 24. The molecule has 0 spiro atoms. The van der Waals surface area contributed by atoms with E-state index >= 15 is 4.57 Å².